The number of hydrogen-bond acceptors (Lipinski definition) is 2. The third kappa shape index (κ3) is 13.6. The molecule has 562 valence electrons. The number of aromatic nitrogens is 2. The number of anilines is 6. The Morgan fingerprint density at radius 2 is 0.483 bits per heavy atom. The highest BCUT2D eigenvalue weighted by molar-refractivity contribution is 6.24. The van der Waals surface area contributed by atoms with Crippen LogP contribution in [0.2, 0.25) is 0 Å². The molecule has 116 heavy (non-hydrogen) atoms. The molecule has 0 saturated carbocycles. The molecule has 19 rings (SSSR count). The molecule has 0 aliphatic heterocycles. The largest absolute Gasteiger partial charge is 0.309 e. The van der Waals surface area contributed by atoms with Crippen LogP contribution in [0.15, 0.2) is 388 Å². The number of nitrogens with zero attached hydrogens (tertiary/aromatic N) is 4. The minimum atomic E-state index is -0.170. The molecule has 2 heterocycles. The first-order valence-corrected chi connectivity index (χ1v) is 41.5. The summed E-state index contributed by atoms with van der Waals surface area (Å²) >= 11 is 0. The minimum Gasteiger partial charge on any atom is -0.309 e. The van der Waals surface area contributed by atoms with E-state index in [0.717, 1.165) is 139 Å². The predicted octanol–water partition coefficient (Wildman–Crippen LogP) is 32.1. The van der Waals surface area contributed by atoms with Crippen LogP contribution in [0.5, 0.6) is 0 Å². The molecule has 19 aromatic rings. The highest BCUT2D eigenvalue weighted by Crippen LogP contribution is 2.55. The van der Waals surface area contributed by atoms with E-state index in [9.17, 15) is 0 Å². The normalized spacial score (nSPS) is 11.9. The first kappa shape index (κ1) is 72.7. The summed E-state index contributed by atoms with van der Waals surface area (Å²) in [6, 6.07) is 146. The fourth-order valence-electron chi connectivity index (χ4n) is 18.1. The summed E-state index contributed by atoms with van der Waals surface area (Å²) in [4.78, 5) is 5.22. The van der Waals surface area contributed by atoms with Crippen molar-refractivity contribution in [1.82, 2.24) is 9.13 Å². The van der Waals surface area contributed by atoms with Gasteiger partial charge in [0.25, 0.3) is 0 Å². The Morgan fingerprint density at radius 3 is 0.767 bits per heavy atom. The second-order valence-electron chi connectivity index (χ2n) is 32.8. The highest BCUT2D eigenvalue weighted by atomic mass is 15.2. The third-order valence-electron chi connectivity index (χ3n) is 24.5. The lowest BCUT2D eigenvalue weighted by molar-refractivity contribution is 0.458. The van der Waals surface area contributed by atoms with Crippen molar-refractivity contribution in [2.75, 3.05) is 9.80 Å². The Kier molecular flexibility index (Phi) is 19.3. The lowest BCUT2D eigenvalue weighted by Crippen LogP contribution is -2.19. The standard InChI is InChI=1S/C112H94N4/c1-7-9-67-111(3,4)89-55-61-97-103(73-89)109(113(91-57-47-83(48-58-91)77-31-17-11-18-32-77)93-43-29-45-95(75-93)115-105-63-51-85(79-35-21-13-22-36-79)69-99(105)100-70-86(52-64-106(100)115)80-37-23-14-24-38-80)98-62-56-90(112(5,6)68-10-8-2)74-104(98)110(97)114(92-59-49-84(50-60-92)78-33-19-12-20-34-78)94-44-30-46-96(76-94)116-107-65-53-87(81-39-25-15-26-40-81)71-101(107)102-72-88(54-66-108(102)116)82-41-27-16-28-42-82/h11-66,69-76H,7-10,67-68H2,1-6H3. The van der Waals surface area contributed by atoms with Gasteiger partial charge >= 0.3 is 0 Å². The SMILES string of the molecule is CCCCC(C)(C)c1ccc2c(N(c3ccc(-c4ccccc4)cc3)c3cccc(-n4c5ccc(-c6ccccc6)cc5c5cc(-c6ccccc6)ccc54)c3)c3cc(C(C)(C)CCCC)ccc3c(N(c3ccc(-c4ccccc4)cc3)c3cccc(-n4c5ccc(-c6ccccc6)cc5c5cc(-c6ccccc6)ccc54)c3)c2c1. The summed E-state index contributed by atoms with van der Waals surface area (Å²) < 4.78 is 5.01. The second-order valence-corrected chi connectivity index (χ2v) is 32.8. The van der Waals surface area contributed by atoms with Crippen molar-refractivity contribution in [3.05, 3.63) is 399 Å². The zero-order valence-corrected chi connectivity index (χ0v) is 67.0. The fourth-order valence-corrected chi connectivity index (χ4v) is 18.1. The molecule has 0 amide bonds. The van der Waals surface area contributed by atoms with Crippen LogP contribution in [-0.4, -0.2) is 9.13 Å². The molecule has 0 fully saturated rings. The van der Waals surface area contributed by atoms with Crippen LogP contribution in [0.1, 0.15) is 91.2 Å². The van der Waals surface area contributed by atoms with E-state index in [-0.39, 0.29) is 10.8 Å². The average Bonchev–Trinajstić information content (AvgIpc) is 0.752. The summed E-state index contributed by atoms with van der Waals surface area (Å²) in [6.45, 7) is 14.5. The first-order chi connectivity index (χ1) is 56.9. The van der Waals surface area contributed by atoms with Crippen LogP contribution in [0.25, 0.3) is 143 Å². The van der Waals surface area contributed by atoms with Crippen LogP contribution in [-0.2, 0) is 10.8 Å². The molecule has 4 nitrogen and oxygen atoms in total. The van der Waals surface area contributed by atoms with Gasteiger partial charge in [0.1, 0.15) is 0 Å². The van der Waals surface area contributed by atoms with Gasteiger partial charge in [0.15, 0.2) is 0 Å². The summed E-state index contributed by atoms with van der Waals surface area (Å²) in [7, 11) is 0. The number of fused-ring (bicyclic) bond motifs is 8. The number of hydrogen-bond donors (Lipinski definition) is 0. The van der Waals surface area contributed by atoms with Crippen molar-refractivity contribution in [1.29, 1.82) is 0 Å². The van der Waals surface area contributed by atoms with Crippen LogP contribution in [0, 0.1) is 0 Å². The lowest BCUT2D eigenvalue weighted by atomic mass is 9.78. The zero-order chi connectivity index (χ0) is 78.4. The van der Waals surface area contributed by atoms with Crippen LogP contribution in [0.4, 0.5) is 34.1 Å². The Hall–Kier alpha value is -13.5. The molecule has 0 unspecified atom stereocenters. The van der Waals surface area contributed by atoms with Gasteiger partial charge in [0, 0.05) is 77.2 Å². The second kappa shape index (κ2) is 30.8. The molecule has 2 aromatic heterocycles. The van der Waals surface area contributed by atoms with E-state index in [2.05, 4.69) is 449 Å². The van der Waals surface area contributed by atoms with E-state index in [1.807, 2.05) is 0 Å². The molecule has 0 radical (unpaired) electrons. The van der Waals surface area contributed by atoms with Gasteiger partial charge in [-0.2, -0.15) is 0 Å². The molecule has 0 N–H and O–H groups in total. The van der Waals surface area contributed by atoms with Crippen molar-refractivity contribution in [2.24, 2.45) is 0 Å². The number of rotatable bonds is 22. The fraction of sp³-hybridized carbons (Fsp3) is 0.125. The molecule has 4 heteroatoms. The maximum Gasteiger partial charge on any atom is 0.0620 e. The van der Waals surface area contributed by atoms with E-state index in [1.54, 1.807) is 0 Å². The molecular weight excluding hydrogens is 1400 g/mol. The Bertz CT molecular complexity index is 6190. The highest BCUT2D eigenvalue weighted by Gasteiger charge is 2.32. The Labute approximate surface area is 682 Å². The van der Waals surface area contributed by atoms with Gasteiger partial charge in [0.2, 0.25) is 0 Å². The summed E-state index contributed by atoms with van der Waals surface area (Å²) in [5.41, 5.74) is 29.6. The topological polar surface area (TPSA) is 16.3 Å². The van der Waals surface area contributed by atoms with E-state index < -0.39 is 0 Å². The van der Waals surface area contributed by atoms with Crippen LogP contribution < -0.4 is 9.80 Å². The van der Waals surface area contributed by atoms with E-state index in [0.29, 0.717) is 0 Å². The van der Waals surface area contributed by atoms with Crippen LogP contribution >= 0.6 is 0 Å². The number of benzene rings is 17. The molecule has 0 spiro atoms. The molecule has 0 bridgehead atoms. The van der Waals surface area contributed by atoms with Crippen molar-refractivity contribution in [3.8, 4) is 78.1 Å². The first-order valence-electron chi connectivity index (χ1n) is 41.5. The Morgan fingerprint density at radius 1 is 0.216 bits per heavy atom. The quantitative estimate of drug-likeness (QED) is 0.0497. The maximum atomic E-state index is 2.61. The molecule has 17 aromatic carbocycles. The number of unbranched alkanes of at least 4 members (excludes halogenated alkanes) is 2. The maximum absolute atomic E-state index is 2.61. The van der Waals surface area contributed by atoms with E-state index in [4.69, 9.17) is 0 Å². The third-order valence-corrected chi connectivity index (χ3v) is 24.5. The summed E-state index contributed by atoms with van der Waals surface area (Å²) in [5.74, 6) is 0. The zero-order valence-electron chi connectivity index (χ0n) is 67.0. The predicted molar refractivity (Wildman–Crippen MR) is 497 cm³/mol. The molecule has 0 atom stereocenters. The lowest BCUT2D eigenvalue weighted by Gasteiger charge is -2.35. The van der Waals surface area contributed by atoms with E-state index in [1.165, 1.54) is 88.3 Å². The molecule has 0 saturated heterocycles. The minimum absolute atomic E-state index is 0.170. The van der Waals surface area contributed by atoms with Gasteiger partial charge < -0.3 is 18.9 Å². The van der Waals surface area contributed by atoms with Crippen LogP contribution in [0.3, 0.4) is 0 Å². The van der Waals surface area contributed by atoms with Gasteiger partial charge in [-0.25, -0.2) is 0 Å². The van der Waals surface area contributed by atoms with Gasteiger partial charge in [-0.05, 0) is 223 Å². The van der Waals surface area contributed by atoms with Crippen molar-refractivity contribution >= 4 is 99.3 Å². The summed E-state index contributed by atoms with van der Waals surface area (Å²) in [5, 5.41) is 9.44. The van der Waals surface area contributed by atoms with Gasteiger partial charge in [0.05, 0.1) is 33.4 Å². The molecule has 0 aliphatic carbocycles. The van der Waals surface area contributed by atoms with Crippen molar-refractivity contribution in [3.63, 3.8) is 0 Å². The van der Waals surface area contributed by atoms with Crippen molar-refractivity contribution in [2.45, 2.75) is 90.9 Å². The molecular formula is C112H94N4. The van der Waals surface area contributed by atoms with Gasteiger partial charge in [-0.3, -0.25) is 0 Å². The molecule has 0 aliphatic rings. The summed E-state index contributed by atoms with van der Waals surface area (Å²) in [6.07, 6.45) is 6.55. The Balaban J connectivity index is 0.897. The van der Waals surface area contributed by atoms with Gasteiger partial charge in [-0.1, -0.05) is 334 Å². The monoisotopic (exact) mass is 1490 g/mol. The van der Waals surface area contributed by atoms with Crippen molar-refractivity contribution < 1.29 is 0 Å². The van der Waals surface area contributed by atoms with Gasteiger partial charge in [-0.15, -0.1) is 0 Å². The smallest absolute Gasteiger partial charge is 0.0620 e. The average molecular weight is 1500 g/mol. The van der Waals surface area contributed by atoms with E-state index >= 15 is 0 Å².